The summed E-state index contributed by atoms with van der Waals surface area (Å²) in [6, 6.07) is 0.822. The lowest BCUT2D eigenvalue weighted by atomic mass is 10.4. The number of thioether (sulfide) groups is 1. The van der Waals surface area contributed by atoms with Gasteiger partial charge in [0.05, 0.1) is 11.8 Å². The van der Waals surface area contributed by atoms with Gasteiger partial charge >= 0.3 is 0 Å². The van der Waals surface area contributed by atoms with Crippen LogP contribution in [0.25, 0.3) is 0 Å². The molecule has 1 aromatic rings. The number of tetrazole rings is 1. The standard InChI is InChI=1S/C12H22N6OS/c1-8(2)13-6-7-18-12(15-16-17-18)20-9(3)11(19)14-10-4-5-10/h8-10,13H,4-7H2,1-3H3,(H,14,19). The molecule has 1 atom stereocenters. The molecule has 0 bridgehead atoms. The summed E-state index contributed by atoms with van der Waals surface area (Å²) in [5, 5.41) is 18.5. The first-order valence-electron chi connectivity index (χ1n) is 7.03. The van der Waals surface area contributed by atoms with Gasteiger partial charge in [-0.05, 0) is 30.2 Å². The zero-order chi connectivity index (χ0) is 14.5. The van der Waals surface area contributed by atoms with Crippen molar-refractivity contribution < 1.29 is 4.79 Å². The molecule has 1 aromatic heterocycles. The van der Waals surface area contributed by atoms with Crippen molar-refractivity contribution in [3.05, 3.63) is 0 Å². The molecule has 20 heavy (non-hydrogen) atoms. The molecule has 1 heterocycles. The molecule has 1 aliphatic carbocycles. The first kappa shape index (κ1) is 15.2. The van der Waals surface area contributed by atoms with Gasteiger partial charge in [0, 0.05) is 18.6 Å². The Balaban J connectivity index is 1.82. The first-order valence-corrected chi connectivity index (χ1v) is 7.91. The average Bonchev–Trinajstić information content (AvgIpc) is 3.09. The number of nitrogens with zero attached hydrogens (tertiary/aromatic N) is 4. The third-order valence-electron chi connectivity index (χ3n) is 2.95. The fraction of sp³-hybridized carbons (Fsp3) is 0.833. The van der Waals surface area contributed by atoms with E-state index in [4.69, 9.17) is 0 Å². The van der Waals surface area contributed by atoms with Crippen molar-refractivity contribution in [2.75, 3.05) is 6.54 Å². The second-order valence-electron chi connectivity index (χ2n) is 5.34. The van der Waals surface area contributed by atoms with Crippen molar-refractivity contribution in [2.45, 2.75) is 62.6 Å². The van der Waals surface area contributed by atoms with E-state index in [2.05, 4.69) is 40.0 Å². The molecule has 1 unspecified atom stereocenters. The quantitative estimate of drug-likeness (QED) is 0.677. The van der Waals surface area contributed by atoms with Crippen LogP contribution in [0.2, 0.25) is 0 Å². The summed E-state index contributed by atoms with van der Waals surface area (Å²) in [5.41, 5.74) is 0. The third kappa shape index (κ3) is 4.75. The Morgan fingerprint density at radius 1 is 1.45 bits per heavy atom. The Bertz CT molecular complexity index is 445. The minimum Gasteiger partial charge on any atom is -0.352 e. The number of rotatable bonds is 8. The average molecular weight is 298 g/mol. The summed E-state index contributed by atoms with van der Waals surface area (Å²) in [6.07, 6.45) is 2.20. The molecule has 0 spiro atoms. The Morgan fingerprint density at radius 2 is 2.20 bits per heavy atom. The molecule has 7 nitrogen and oxygen atoms in total. The molecule has 2 N–H and O–H groups in total. The van der Waals surface area contributed by atoms with Crippen LogP contribution < -0.4 is 10.6 Å². The molecule has 0 radical (unpaired) electrons. The second-order valence-corrected chi connectivity index (χ2v) is 6.64. The Hall–Kier alpha value is -1.15. The largest absolute Gasteiger partial charge is 0.352 e. The monoisotopic (exact) mass is 298 g/mol. The molecule has 112 valence electrons. The number of aromatic nitrogens is 4. The number of hydrogen-bond acceptors (Lipinski definition) is 6. The Morgan fingerprint density at radius 3 is 2.85 bits per heavy atom. The minimum absolute atomic E-state index is 0.0624. The van der Waals surface area contributed by atoms with E-state index in [1.54, 1.807) is 4.68 Å². The molecule has 0 aliphatic heterocycles. The lowest BCUT2D eigenvalue weighted by Crippen LogP contribution is -2.32. The highest BCUT2D eigenvalue weighted by Gasteiger charge is 2.26. The van der Waals surface area contributed by atoms with Gasteiger partial charge in [0.2, 0.25) is 11.1 Å². The normalized spacial score (nSPS) is 16.4. The van der Waals surface area contributed by atoms with Crippen LogP contribution >= 0.6 is 11.8 Å². The summed E-state index contributed by atoms with van der Waals surface area (Å²) < 4.78 is 1.74. The molecule has 1 fully saturated rings. The van der Waals surface area contributed by atoms with Gasteiger partial charge in [0.1, 0.15) is 0 Å². The topological polar surface area (TPSA) is 84.7 Å². The van der Waals surface area contributed by atoms with E-state index in [0.29, 0.717) is 23.8 Å². The van der Waals surface area contributed by atoms with E-state index in [0.717, 1.165) is 19.4 Å². The van der Waals surface area contributed by atoms with Gasteiger partial charge in [0.25, 0.3) is 0 Å². The maximum atomic E-state index is 11.9. The van der Waals surface area contributed by atoms with E-state index in [1.807, 2.05) is 6.92 Å². The summed E-state index contributed by atoms with van der Waals surface area (Å²) in [6.45, 7) is 7.58. The van der Waals surface area contributed by atoms with Crippen LogP contribution in [0.5, 0.6) is 0 Å². The lowest BCUT2D eigenvalue weighted by molar-refractivity contribution is -0.120. The molecule has 0 saturated heterocycles. The van der Waals surface area contributed by atoms with Gasteiger partial charge in [0.15, 0.2) is 0 Å². The van der Waals surface area contributed by atoms with Gasteiger partial charge in [-0.1, -0.05) is 25.6 Å². The van der Waals surface area contributed by atoms with E-state index in [1.165, 1.54) is 11.8 Å². The second kappa shape index (κ2) is 7.03. The van der Waals surface area contributed by atoms with Crippen molar-refractivity contribution >= 4 is 17.7 Å². The van der Waals surface area contributed by atoms with Crippen LogP contribution in [0.3, 0.4) is 0 Å². The molecule has 8 heteroatoms. The third-order valence-corrected chi connectivity index (χ3v) is 4.02. The number of nitrogens with one attached hydrogen (secondary N) is 2. The van der Waals surface area contributed by atoms with Crippen molar-refractivity contribution in [3.63, 3.8) is 0 Å². The highest BCUT2D eigenvalue weighted by Crippen LogP contribution is 2.23. The molecule has 1 amide bonds. The van der Waals surface area contributed by atoms with Crippen LogP contribution in [0.4, 0.5) is 0 Å². The summed E-state index contributed by atoms with van der Waals surface area (Å²) in [5.74, 6) is 0.0624. The lowest BCUT2D eigenvalue weighted by Gasteiger charge is -2.12. The summed E-state index contributed by atoms with van der Waals surface area (Å²) >= 11 is 1.40. The first-order chi connectivity index (χ1) is 9.56. The smallest absolute Gasteiger partial charge is 0.233 e. The number of carbonyl (C=O) groups excluding carboxylic acids is 1. The zero-order valence-corrected chi connectivity index (χ0v) is 13.0. The van der Waals surface area contributed by atoms with Gasteiger partial charge in [-0.15, -0.1) is 5.10 Å². The van der Waals surface area contributed by atoms with Crippen LogP contribution in [-0.4, -0.2) is 50.0 Å². The van der Waals surface area contributed by atoms with E-state index >= 15 is 0 Å². The van der Waals surface area contributed by atoms with E-state index in [9.17, 15) is 4.79 Å². The summed E-state index contributed by atoms with van der Waals surface area (Å²) in [7, 11) is 0. The molecule has 1 aliphatic rings. The van der Waals surface area contributed by atoms with E-state index < -0.39 is 0 Å². The van der Waals surface area contributed by atoms with Crippen LogP contribution in [0, 0.1) is 0 Å². The number of amides is 1. The highest BCUT2D eigenvalue weighted by molar-refractivity contribution is 8.00. The van der Waals surface area contributed by atoms with Crippen molar-refractivity contribution in [2.24, 2.45) is 0 Å². The predicted octanol–water partition coefficient (Wildman–Crippen LogP) is 0.430. The van der Waals surface area contributed by atoms with Gasteiger partial charge in [-0.25, -0.2) is 4.68 Å². The fourth-order valence-electron chi connectivity index (χ4n) is 1.64. The molecular weight excluding hydrogens is 276 g/mol. The number of carbonyl (C=O) groups is 1. The number of hydrogen-bond donors (Lipinski definition) is 2. The summed E-state index contributed by atoms with van der Waals surface area (Å²) in [4.78, 5) is 11.9. The van der Waals surface area contributed by atoms with Crippen molar-refractivity contribution in [3.8, 4) is 0 Å². The Kier molecular flexibility index (Phi) is 5.36. The molecule has 1 saturated carbocycles. The van der Waals surface area contributed by atoms with E-state index in [-0.39, 0.29) is 11.2 Å². The molecular formula is C12H22N6OS. The van der Waals surface area contributed by atoms with Crippen LogP contribution in [0.15, 0.2) is 5.16 Å². The minimum atomic E-state index is -0.182. The SMILES string of the molecule is CC(C)NCCn1nnnc1SC(C)C(=O)NC1CC1. The van der Waals surface area contributed by atoms with Crippen LogP contribution in [-0.2, 0) is 11.3 Å². The molecule has 0 aromatic carbocycles. The Labute approximate surface area is 123 Å². The zero-order valence-electron chi connectivity index (χ0n) is 12.2. The fourth-order valence-corrected chi connectivity index (χ4v) is 2.46. The van der Waals surface area contributed by atoms with Crippen molar-refractivity contribution in [1.29, 1.82) is 0 Å². The van der Waals surface area contributed by atoms with Gasteiger partial charge < -0.3 is 10.6 Å². The van der Waals surface area contributed by atoms with Gasteiger partial charge in [-0.3, -0.25) is 4.79 Å². The maximum absolute atomic E-state index is 11.9. The van der Waals surface area contributed by atoms with Crippen LogP contribution in [0.1, 0.15) is 33.6 Å². The highest BCUT2D eigenvalue weighted by atomic mass is 32.2. The molecule has 2 rings (SSSR count). The van der Waals surface area contributed by atoms with Gasteiger partial charge in [-0.2, -0.15) is 0 Å². The maximum Gasteiger partial charge on any atom is 0.233 e. The van der Waals surface area contributed by atoms with Crippen molar-refractivity contribution in [1.82, 2.24) is 30.8 Å². The predicted molar refractivity (Wildman–Crippen MR) is 77.4 cm³/mol.